The molecule has 1 rings (SSSR count). The number of carboxylic acids is 1. The van der Waals surface area contributed by atoms with Gasteiger partial charge >= 0.3 is 5.97 Å². The van der Waals surface area contributed by atoms with E-state index in [1.54, 1.807) is 24.3 Å². The van der Waals surface area contributed by atoms with Crippen molar-refractivity contribution in [2.45, 2.75) is 13.0 Å². The average Bonchev–Trinajstić information content (AvgIpc) is 2.35. The fourth-order valence-electron chi connectivity index (χ4n) is 1.26. The Morgan fingerprint density at radius 3 is 2.47 bits per heavy atom. The Labute approximate surface area is 99.6 Å². The van der Waals surface area contributed by atoms with E-state index in [9.17, 15) is 9.59 Å². The maximum atomic E-state index is 11.6. The Hall–Kier alpha value is -1.88. The molecular formula is C12H16N2O3. The number of nitrogens with one attached hydrogen (secondary N) is 1. The van der Waals surface area contributed by atoms with Crippen LogP contribution in [-0.4, -0.2) is 23.5 Å². The van der Waals surface area contributed by atoms with Crippen LogP contribution in [-0.2, 0) is 9.59 Å². The van der Waals surface area contributed by atoms with E-state index in [1.807, 2.05) is 6.07 Å². The molecule has 0 aliphatic heterocycles. The molecule has 17 heavy (non-hydrogen) atoms. The van der Waals surface area contributed by atoms with Crippen molar-refractivity contribution in [2.75, 3.05) is 6.54 Å². The van der Waals surface area contributed by atoms with Gasteiger partial charge in [-0.3, -0.25) is 9.59 Å². The molecule has 0 aliphatic carbocycles. The summed E-state index contributed by atoms with van der Waals surface area (Å²) in [6.07, 6.45) is 0. The molecule has 0 bridgehead atoms. The van der Waals surface area contributed by atoms with Crippen LogP contribution in [0.25, 0.3) is 0 Å². The van der Waals surface area contributed by atoms with Crippen LogP contribution in [0.15, 0.2) is 30.3 Å². The first kappa shape index (κ1) is 13.2. The highest BCUT2D eigenvalue weighted by molar-refractivity contribution is 5.83. The topological polar surface area (TPSA) is 92.4 Å². The molecule has 0 heterocycles. The quantitative estimate of drug-likeness (QED) is 0.695. The summed E-state index contributed by atoms with van der Waals surface area (Å²) < 4.78 is 0. The number of benzene rings is 1. The third-order valence-electron chi connectivity index (χ3n) is 2.45. The number of rotatable bonds is 5. The van der Waals surface area contributed by atoms with Gasteiger partial charge in [0.15, 0.2) is 0 Å². The van der Waals surface area contributed by atoms with E-state index >= 15 is 0 Å². The molecule has 0 spiro atoms. The van der Waals surface area contributed by atoms with Gasteiger partial charge < -0.3 is 16.2 Å². The fourth-order valence-corrected chi connectivity index (χ4v) is 1.26. The Morgan fingerprint density at radius 2 is 1.94 bits per heavy atom. The molecule has 0 aliphatic rings. The van der Waals surface area contributed by atoms with E-state index in [-0.39, 0.29) is 12.5 Å². The summed E-state index contributed by atoms with van der Waals surface area (Å²) in [7, 11) is 0. The van der Waals surface area contributed by atoms with Crippen molar-refractivity contribution < 1.29 is 14.7 Å². The summed E-state index contributed by atoms with van der Waals surface area (Å²) in [5, 5.41) is 11.2. The second kappa shape index (κ2) is 6.00. The minimum absolute atomic E-state index is 0.0781. The van der Waals surface area contributed by atoms with E-state index < -0.39 is 17.9 Å². The first-order valence-corrected chi connectivity index (χ1v) is 5.33. The highest BCUT2D eigenvalue weighted by Gasteiger charge is 2.17. The minimum Gasteiger partial charge on any atom is -0.481 e. The van der Waals surface area contributed by atoms with Gasteiger partial charge in [0.25, 0.3) is 0 Å². The zero-order valence-corrected chi connectivity index (χ0v) is 9.59. The molecule has 1 amide bonds. The van der Waals surface area contributed by atoms with Gasteiger partial charge in [0, 0.05) is 6.54 Å². The van der Waals surface area contributed by atoms with E-state index in [2.05, 4.69) is 5.32 Å². The van der Waals surface area contributed by atoms with E-state index in [4.69, 9.17) is 10.8 Å². The smallest absolute Gasteiger partial charge is 0.308 e. The lowest BCUT2D eigenvalue weighted by Crippen LogP contribution is -2.37. The van der Waals surface area contributed by atoms with Crippen LogP contribution in [0.1, 0.15) is 18.5 Å². The summed E-state index contributed by atoms with van der Waals surface area (Å²) >= 11 is 0. The maximum Gasteiger partial charge on any atom is 0.308 e. The summed E-state index contributed by atoms with van der Waals surface area (Å²) in [4.78, 5) is 22.2. The van der Waals surface area contributed by atoms with Crippen LogP contribution in [0.4, 0.5) is 0 Å². The zero-order chi connectivity index (χ0) is 12.8. The molecule has 5 heteroatoms. The molecule has 92 valence electrons. The van der Waals surface area contributed by atoms with Crippen LogP contribution in [0.2, 0.25) is 0 Å². The largest absolute Gasteiger partial charge is 0.481 e. The Bertz CT molecular complexity index is 392. The van der Waals surface area contributed by atoms with Gasteiger partial charge in [-0.2, -0.15) is 0 Å². The second-order valence-corrected chi connectivity index (χ2v) is 3.87. The number of carboxylic acid groups (broad SMARTS) is 1. The monoisotopic (exact) mass is 236 g/mol. The lowest BCUT2D eigenvalue weighted by atomic mass is 10.1. The number of amides is 1. The number of hydrogen-bond acceptors (Lipinski definition) is 3. The van der Waals surface area contributed by atoms with Gasteiger partial charge in [0.1, 0.15) is 6.04 Å². The van der Waals surface area contributed by atoms with Crippen molar-refractivity contribution in [3.8, 4) is 0 Å². The normalized spacial score (nSPS) is 13.8. The summed E-state index contributed by atoms with van der Waals surface area (Å²) in [6.45, 7) is 1.60. The van der Waals surface area contributed by atoms with Crippen molar-refractivity contribution >= 4 is 11.9 Å². The molecule has 0 radical (unpaired) electrons. The van der Waals surface area contributed by atoms with Crippen LogP contribution < -0.4 is 11.1 Å². The van der Waals surface area contributed by atoms with Gasteiger partial charge in [0.2, 0.25) is 5.91 Å². The van der Waals surface area contributed by atoms with Gasteiger partial charge in [-0.25, -0.2) is 0 Å². The summed E-state index contributed by atoms with van der Waals surface area (Å²) in [5.41, 5.74) is 6.44. The average molecular weight is 236 g/mol. The summed E-state index contributed by atoms with van der Waals surface area (Å²) in [5.74, 6) is -1.94. The zero-order valence-electron chi connectivity index (χ0n) is 9.59. The first-order valence-electron chi connectivity index (χ1n) is 5.33. The molecular weight excluding hydrogens is 220 g/mol. The van der Waals surface area contributed by atoms with Gasteiger partial charge in [0.05, 0.1) is 5.92 Å². The number of aliphatic carboxylic acids is 1. The molecule has 2 atom stereocenters. The maximum absolute atomic E-state index is 11.6. The lowest BCUT2D eigenvalue weighted by molar-refractivity contribution is -0.141. The molecule has 5 nitrogen and oxygen atoms in total. The Morgan fingerprint density at radius 1 is 1.35 bits per heavy atom. The molecule has 0 aromatic heterocycles. The number of carbonyl (C=O) groups is 2. The third-order valence-corrected chi connectivity index (χ3v) is 2.45. The van der Waals surface area contributed by atoms with Crippen LogP contribution >= 0.6 is 0 Å². The van der Waals surface area contributed by atoms with Crippen LogP contribution in [0.3, 0.4) is 0 Å². The molecule has 4 N–H and O–H groups in total. The first-order chi connectivity index (χ1) is 8.02. The van der Waals surface area contributed by atoms with Gasteiger partial charge in [-0.1, -0.05) is 37.3 Å². The van der Waals surface area contributed by atoms with E-state index in [0.29, 0.717) is 5.56 Å². The van der Waals surface area contributed by atoms with Crippen molar-refractivity contribution in [2.24, 2.45) is 11.7 Å². The number of hydrogen-bond donors (Lipinski definition) is 3. The fraction of sp³-hybridized carbons (Fsp3) is 0.333. The van der Waals surface area contributed by atoms with Gasteiger partial charge in [-0.15, -0.1) is 0 Å². The second-order valence-electron chi connectivity index (χ2n) is 3.87. The number of carbonyl (C=O) groups excluding carboxylic acids is 1. The lowest BCUT2D eigenvalue weighted by Gasteiger charge is -2.13. The molecule has 0 fully saturated rings. The Kier molecular flexibility index (Phi) is 4.66. The summed E-state index contributed by atoms with van der Waals surface area (Å²) in [6, 6.07) is 8.17. The van der Waals surface area contributed by atoms with Crippen LogP contribution in [0, 0.1) is 5.92 Å². The predicted octanol–water partition coefficient (Wildman–Crippen LogP) is 0.523. The SMILES string of the molecule is CC(CNC(=O)[C@H](N)c1ccccc1)C(=O)O. The highest BCUT2D eigenvalue weighted by atomic mass is 16.4. The predicted molar refractivity (Wildman–Crippen MR) is 63.2 cm³/mol. The highest BCUT2D eigenvalue weighted by Crippen LogP contribution is 2.09. The van der Waals surface area contributed by atoms with E-state index in [0.717, 1.165) is 0 Å². The van der Waals surface area contributed by atoms with Crippen molar-refractivity contribution in [3.63, 3.8) is 0 Å². The Balaban J connectivity index is 2.51. The number of nitrogens with two attached hydrogens (primary N) is 1. The molecule has 1 unspecified atom stereocenters. The van der Waals surface area contributed by atoms with Crippen molar-refractivity contribution in [1.29, 1.82) is 0 Å². The van der Waals surface area contributed by atoms with Crippen molar-refractivity contribution in [1.82, 2.24) is 5.32 Å². The van der Waals surface area contributed by atoms with E-state index in [1.165, 1.54) is 6.92 Å². The molecule has 1 aromatic carbocycles. The molecule has 0 saturated carbocycles. The minimum atomic E-state index is -0.946. The third kappa shape index (κ3) is 3.88. The standard InChI is InChI=1S/C12H16N2O3/c1-8(12(16)17)7-14-11(15)10(13)9-5-3-2-4-6-9/h2-6,8,10H,7,13H2,1H3,(H,14,15)(H,16,17)/t8?,10-/m1/s1. The molecule has 1 aromatic rings. The van der Waals surface area contributed by atoms with Crippen molar-refractivity contribution in [3.05, 3.63) is 35.9 Å². The molecule has 0 saturated heterocycles. The van der Waals surface area contributed by atoms with Gasteiger partial charge in [-0.05, 0) is 5.56 Å². The van der Waals surface area contributed by atoms with Crippen LogP contribution in [0.5, 0.6) is 0 Å².